The monoisotopic (exact) mass is 222 g/mol. The molecule has 4 nitrogen and oxygen atoms in total. The molecule has 0 amide bonds. The predicted octanol–water partition coefficient (Wildman–Crippen LogP) is 2.61. The average molecular weight is 222 g/mol. The third-order valence-electron chi connectivity index (χ3n) is 2.13. The Kier molecular flexibility index (Phi) is 3.66. The van der Waals surface area contributed by atoms with Crippen LogP contribution in [-0.2, 0) is 4.74 Å². The first-order valence-electron chi connectivity index (χ1n) is 4.96. The zero-order valence-corrected chi connectivity index (χ0v) is 9.62. The van der Waals surface area contributed by atoms with Gasteiger partial charge in [-0.2, -0.15) is 0 Å². The summed E-state index contributed by atoms with van der Waals surface area (Å²) in [6.45, 7) is 8.49. The molecule has 1 aromatic heterocycles. The van der Waals surface area contributed by atoms with Crippen molar-refractivity contribution in [2.45, 2.75) is 20.8 Å². The normalized spacial score (nSPS) is 9.94. The number of rotatable bonds is 4. The fourth-order valence-corrected chi connectivity index (χ4v) is 1.51. The molecule has 0 saturated carbocycles. The first kappa shape index (κ1) is 12.2. The van der Waals surface area contributed by atoms with E-state index in [4.69, 9.17) is 9.15 Å². The molecule has 0 atom stereocenters. The Morgan fingerprint density at radius 2 is 2.06 bits per heavy atom. The summed E-state index contributed by atoms with van der Waals surface area (Å²) in [5, 5.41) is 0. The minimum atomic E-state index is -0.540. The molecule has 0 unspecified atom stereocenters. The van der Waals surface area contributed by atoms with Crippen molar-refractivity contribution in [2.24, 2.45) is 0 Å². The zero-order valence-electron chi connectivity index (χ0n) is 9.62. The summed E-state index contributed by atoms with van der Waals surface area (Å²) < 4.78 is 10.2. The van der Waals surface area contributed by atoms with Gasteiger partial charge in [0.15, 0.2) is 5.78 Å². The molecule has 4 heteroatoms. The van der Waals surface area contributed by atoms with Crippen molar-refractivity contribution in [1.82, 2.24) is 0 Å². The van der Waals surface area contributed by atoms with Gasteiger partial charge >= 0.3 is 5.97 Å². The molecule has 1 heterocycles. The highest BCUT2D eigenvalue weighted by molar-refractivity contribution is 6.08. The Hall–Kier alpha value is -1.84. The van der Waals surface area contributed by atoms with Gasteiger partial charge in [-0.3, -0.25) is 4.79 Å². The summed E-state index contributed by atoms with van der Waals surface area (Å²) >= 11 is 0. The summed E-state index contributed by atoms with van der Waals surface area (Å²) in [5.41, 5.74) is 0.440. The fraction of sp³-hybridized carbons (Fsp3) is 0.333. The zero-order chi connectivity index (χ0) is 12.3. The molecular formula is C12H14O4. The van der Waals surface area contributed by atoms with Gasteiger partial charge in [-0.15, -0.1) is 0 Å². The molecule has 0 radical (unpaired) electrons. The molecule has 0 fully saturated rings. The predicted molar refractivity (Wildman–Crippen MR) is 59.5 cm³/mol. The number of hydrogen-bond acceptors (Lipinski definition) is 4. The first-order valence-corrected chi connectivity index (χ1v) is 4.96. The second-order valence-corrected chi connectivity index (χ2v) is 3.25. The van der Waals surface area contributed by atoms with Crippen molar-refractivity contribution in [1.29, 1.82) is 0 Å². The topological polar surface area (TPSA) is 56.5 Å². The lowest BCUT2D eigenvalue weighted by molar-refractivity contribution is 0.0521. The standard InChI is InChI=1S/C12H14O4/c1-5-9-10(7(3)13)11(8(4)16-9)12(14)15-6-2/h5H,1,6H2,2-4H3. The van der Waals surface area contributed by atoms with Gasteiger partial charge in [-0.05, 0) is 26.8 Å². The van der Waals surface area contributed by atoms with Gasteiger partial charge in [0.05, 0.1) is 12.2 Å². The highest BCUT2D eigenvalue weighted by Gasteiger charge is 2.25. The van der Waals surface area contributed by atoms with Crippen LogP contribution >= 0.6 is 0 Å². The quantitative estimate of drug-likeness (QED) is 0.580. The number of Topliss-reactive ketones (excluding diaryl/α,β-unsaturated/α-hetero) is 1. The summed E-state index contributed by atoms with van der Waals surface area (Å²) in [7, 11) is 0. The molecule has 1 aromatic rings. The van der Waals surface area contributed by atoms with E-state index in [0.29, 0.717) is 11.5 Å². The van der Waals surface area contributed by atoms with Crippen molar-refractivity contribution in [2.75, 3.05) is 6.61 Å². The lowest BCUT2D eigenvalue weighted by Gasteiger charge is -2.01. The third kappa shape index (κ3) is 2.05. The Bertz CT molecular complexity index is 440. The molecule has 0 aliphatic rings. The van der Waals surface area contributed by atoms with Crippen LogP contribution in [0.25, 0.3) is 6.08 Å². The van der Waals surface area contributed by atoms with E-state index < -0.39 is 5.97 Å². The molecule has 0 spiro atoms. The molecule has 1 rings (SSSR count). The average Bonchev–Trinajstić information content (AvgIpc) is 2.55. The van der Waals surface area contributed by atoms with Crippen LogP contribution < -0.4 is 0 Å². The maximum absolute atomic E-state index is 11.7. The summed E-state index contributed by atoms with van der Waals surface area (Å²) in [6, 6.07) is 0. The van der Waals surface area contributed by atoms with Crippen LogP contribution in [0.4, 0.5) is 0 Å². The smallest absolute Gasteiger partial charge is 0.342 e. The molecular weight excluding hydrogens is 208 g/mol. The van der Waals surface area contributed by atoms with Gasteiger partial charge in [0.1, 0.15) is 17.1 Å². The number of esters is 1. The van der Waals surface area contributed by atoms with Crippen LogP contribution in [0.15, 0.2) is 11.0 Å². The Labute approximate surface area is 93.9 Å². The van der Waals surface area contributed by atoms with Gasteiger partial charge in [0.2, 0.25) is 0 Å². The van der Waals surface area contributed by atoms with Crippen molar-refractivity contribution < 1.29 is 18.7 Å². The minimum Gasteiger partial charge on any atom is -0.462 e. The molecule has 0 aromatic carbocycles. The SMILES string of the molecule is C=Cc1oc(C)c(C(=O)OCC)c1C(C)=O. The van der Waals surface area contributed by atoms with Crippen molar-refractivity contribution in [3.63, 3.8) is 0 Å². The molecule has 86 valence electrons. The Morgan fingerprint density at radius 1 is 1.44 bits per heavy atom. The Balaban J connectivity index is 3.36. The number of ketones is 1. The van der Waals surface area contributed by atoms with Gasteiger partial charge in [-0.25, -0.2) is 4.79 Å². The van der Waals surface area contributed by atoms with E-state index in [1.165, 1.54) is 13.0 Å². The molecule has 0 N–H and O–H groups in total. The number of ether oxygens (including phenoxy) is 1. The highest BCUT2D eigenvalue weighted by Crippen LogP contribution is 2.24. The number of aryl methyl sites for hydroxylation is 1. The van der Waals surface area contributed by atoms with E-state index in [9.17, 15) is 9.59 Å². The second kappa shape index (κ2) is 4.79. The van der Waals surface area contributed by atoms with Gasteiger partial charge in [0, 0.05) is 0 Å². The number of hydrogen-bond donors (Lipinski definition) is 0. The highest BCUT2D eigenvalue weighted by atomic mass is 16.5. The van der Waals surface area contributed by atoms with E-state index in [-0.39, 0.29) is 23.5 Å². The molecule has 0 bridgehead atoms. The van der Waals surface area contributed by atoms with Crippen LogP contribution in [-0.4, -0.2) is 18.4 Å². The molecule has 0 saturated heterocycles. The molecule has 16 heavy (non-hydrogen) atoms. The number of furan rings is 1. The van der Waals surface area contributed by atoms with Crippen LogP contribution in [0, 0.1) is 6.92 Å². The van der Waals surface area contributed by atoms with Gasteiger partial charge in [0.25, 0.3) is 0 Å². The van der Waals surface area contributed by atoms with Crippen LogP contribution in [0.1, 0.15) is 46.1 Å². The van der Waals surface area contributed by atoms with Crippen LogP contribution in [0.2, 0.25) is 0 Å². The van der Waals surface area contributed by atoms with E-state index in [0.717, 1.165) is 0 Å². The first-order chi connectivity index (χ1) is 7.52. The second-order valence-electron chi connectivity index (χ2n) is 3.25. The number of carbonyl (C=O) groups is 2. The van der Waals surface area contributed by atoms with E-state index in [1.54, 1.807) is 13.8 Å². The largest absolute Gasteiger partial charge is 0.462 e. The van der Waals surface area contributed by atoms with E-state index in [2.05, 4.69) is 6.58 Å². The molecule has 0 aliphatic carbocycles. The van der Waals surface area contributed by atoms with Gasteiger partial charge < -0.3 is 9.15 Å². The summed E-state index contributed by atoms with van der Waals surface area (Å²) in [6.07, 6.45) is 1.41. The number of carbonyl (C=O) groups excluding carboxylic acids is 2. The van der Waals surface area contributed by atoms with Crippen LogP contribution in [0.3, 0.4) is 0 Å². The maximum atomic E-state index is 11.7. The Morgan fingerprint density at radius 3 is 2.50 bits per heavy atom. The van der Waals surface area contributed by atoms with E-state index >= 15 is 0 Å². The minimum absolute atomic E-state index is 0.198. The van der Waals surface area contributed by atoms with Crippen molar-refractivity contribution >= 4 is 17.8 Å². The van der Waals surface area contributed by atoms with Crippen LogP contribution in [0.5, 0.6) is 0 Å². The lowest BCUT2D eigenvalue weighted by Crippen LogP contribution is -2.10. The maximum Gasteiger partial charge on any atom is 0.342 e. The summed E-state index contributed by atoms with van der Waals surface area (Å²) in [4.78, 5) is 23.1. The van der Waals surface area contributed by atoms with Crippen molar-refractivity contribution in [3.05, 3.63) is 29.2 Å². The lowest BCUT2D eigenvalue weighted by atomic mass is 10.1. The summed E-state index contributed by atoms with van der Waals surface area (Å²) in [5.74, 6) is -0.0940. The van der Waals surface area contributed by atoms with E-state index in [1.807, 2.05) is 0 Å². The van der Waals surface area contributed by atoms with Gasteiger partial charge in [-0.1, -0.05) is 6.58 Å². The fourth-order valence-electron chi connectivity index (χ4n) is 1.51. The van der Waals surface area contributed by atoms with Crippen molar-refractivity contribution in [3.8, 4) is 0 Å². The third-order valence-corrected chi connectivity index (χ3v) is 2.13. The molecule has 0 aliphatic heterocycles.